The molecule has 118 valence electrons. The molecule has 6 heteroatoms. The van der Waals surface area contributed by atoms with Gasteiger partial charge in [0, 0.05) is 37.8 Å². The maximum absolute atomic E-state index is 11.9. The molecule has 0 amide bonds. The first kappa shape index (κ1) is 19.2. The number of halogens is 1. The van der Waals surface area contributed by atoms with E-state index in [1.165, 1.54) is 32.1 Å². The summed E-state index contributed by atoms with van der Waals surface area (Å²) in [5.74, 6) is -0.158. The van der Waals surface area contributed by atoms with Crippen molar-refractivity contribution >= 4 is 18.4 Å². The summed E-state index contributed by atoms with van der Waals surface area (Å²) >= 11 is 0. The highest BCUT2D eigenvalue weighted by atomic mass is 35.5. The number of likely N-dealkylation sites (N-methyl/N-ethyl adjacent to an activating group) is 1. The van der Waals surface area contributed by atoms with E-state index in [0.717, 1.165) is 25.1 Å². The lowest BCUT2D eigenvalue weighted by Gasteiger charge is -2.40. The summed E-state index contributed by atoms with van der Waals surface area (Å²) < 4.78 is 4.94. The van der Waals surface area contributed by atoms with Crippen molar-refractivity contribution < 1.29 is 15.0 Å². The predicted molar refractivity (Wildman–Crippen MR) is 82.0 cm³/mol. The van der Waals surface area contributed by atoms with Crippen molar-refractivity contribution in [1.29, 1.82) is 0 Å². The van der Waals surface area contributed by atoms with Crippen LogP contribution in [-0.2, 0) is 9.53 Å². The first-order valence-corrected chi connectivity index (χ1v) is 6.89. The lowest BCUT2D eigenvalue weighted by Crippen LogP contribution is -2.42. The van der Waals surface area contributed by atoms with Crippen LogP contribution in [0.4, 0.5) is 0 Å². The molecular weight excluding hydrogens is 280 g/mol. The van der Waals surface area contributed by atoms with Crippen LogP contribution in [0.15, 0.2) is 11.3 Å². The van der Waals surface area contributed by atoms with Crippen molar-refractivity contribution in [2.75, 3.05) is 33.8 Å². The van der Waals surface area contributed by atoms with Crippen LogP contribution in [0.5, 0.6) is 0 Å². The van der Waals surface area contributed by atoms with Crippen LogP contribution >= 0.6 is 12.4 Å². The van der Waals surface area contributed by atoms with E-state index >= 15 is 0 Å². The second kappa shape index (κ2) is 8.49. The molecular formula is C14H27ClN2O3. The van der Waals surface area contributed by atoms with Gasteiger partial charge in [-0.15, -0.1) is 12.4 Å². The van der Waals surface area contributed by atoms with E-state index in [1.54, 1.807) is 0 Å². The minimum Gasteiger partial charge on any atom is -0.466 e. The molecule has 1 saturated heterocycles. The smallest absolute Gasteiger partial charge is 0.336 e. The standard InChI is InChI=1S/C14H24N2O2.ClH.H2O/c1-11-6-4-5-8-16(11)13-7-9-15(2)10-12(13)14(17)18-3;;/h11H,4-10H2,1-3H3;1H;1H2. The maximum Gasteiger partial charge on any atom is 0.336 e. The average Bonchev–Trinajstić information content (AvgIpc) is 2.39. The Morgan fingerprint density at radius 2 is 2.00 bits per heavy atom. The van der Waals surface area contributed by atoms with Crippen LogP contribution in [0.1, 0.15) is 32.6 Å². The van der Waals surface area contributed by atoms with Gasteiger partial charge in [0.25, 0.3) is 0 Å². The molecule has 2 N–H and O–H groups in total. The SMILES string of the molecule is COC(=O)C1=C(N2CCCCC2C)CCN(C)C1.Cl.O. The molecule has 1 unspecified atom stereocenters. The third-order valence-electron chi connectivity index (χ3n) is 4.09. The monoisotopic (exact) mass is 306 g/mol. The first-order chi connectivity index (χ1) is 8.63. The van der Waals surface area contributed by atoms with Gasteiger partial charge in [-0.1, -0.05) is 0 Å². The molecule has 0 saturated carbocycles. The second-order valence-electron chi connectivity index (χ2n) is 5.44. The number of piperidine rings is 1. The predicted octanol–water partition coefficient (Wildman–Crippen LogP) is 1.22. The van der Waals surface area contributed by atoms with E-state index in [-0.39, 0.29) is 23.9 Å². The zero-order valence-electron chi connectivity index (χ0n) is 12.6. The molecule has 0 radical (unpaired) electrons. The summed E-state index contributed by atoms with van der Waals surface area (Å²) in [6.07, 6.45) is 4.73. The highest BCUT2D eigenvalue weighted by Gasteiger charge is 2.29. The summed E-state index contributed by atoms with van der Waals surface area (Å²) in [6, 6.07) is 0.553. The molecule has 0 spiro atoms. The molecule has 0 aliphatic carbocycles. The molecule has 5 nitrogen and oxygen atoms in total. The molecule has 0 aromatic carbocycles. The highest BCUT2D eigenvalue weighted by Crippen LogP contribution is 2.28. The minimum atomic E-state index is -0.158. The van der Waals surface area contributed by atoms with E-state index in [4.69, 9.17) is 4.74 Å². The van der Waals surface area contributed by atoms with Gasteiger partial charge in [0.2, 0.25) is 0 Å². The Morgan fingerprint density at radius 3 is 2.60 bits per heavy atom. The van der Waals surface area contributed by atoms with Crippen molar-refractivity contribution in [2.24, 2.45) is 0 Å². The van der Waals surface area contributed by atoms with Crippen molar-refractivity contribution in [3.8, 4) is 0 Å². The summed E-state index contributed by atoms with van der Waals surface area (Å²) in [4.78, 5) is 16.6. The highest BCUT2D eigenvalue weighted by molar-refractivity contribution is 5.89. The number of likely N-dealkylation sites (tertiary alicyclic amines) is 1. The van der Waals surface area contributed by atoms with Gasteiger partial charge in [0.15, 0.2) is 0 Å². The molecule has 2 aliphatic rings. The van der Waals surface area contributed by atoms with E-state index in [2.05, 4.69) is 23.8 Å². The number of hydrogen-bond acceptors (Lipinski definition) is 4. The maximum atomic E-state index is 11.9. The van der Waals surface area contributed by atoms with E-state index in [1.807, 2.05) is 0 Å². The molecule has 0 aromatic heterocycles. The van der Waals surface area contributed by atoms with Gasteiger partial charge in [0.1, 0.15) is 0 Å². The quantitative estimate of drug-likeness (QED) is 0.720. The summed E-state index contributed by atoms with van der Waals surface area (Å²) in [5.41, 5.74) is 2.09. The van der Waals surface area contributed by atoms with E-state index in [0.29, 0.717) is 12.6 Å². The van der Waals surface area contributed by atoms with Crippen molar-refractivity contribution in [2.45, 2.75) is 38.6 Å². The normalized spacial score (nSPS) is 23.8. The molecule has 2 rings (SSSR count). The Hall–Kier alpha value is -0.780. The number of esters is 1. The Kier molecular flexibility index (Phi) is 8.16. The Morgan fingerprint density at radius 1 is 1.30 bits per heavy atom. The number of methoxy groups -OCH3 is 1. The molecule has 0 aromatic rings. The second-order valence-corrected chi connectivity index (χ2v) is 5.44. The van der Waals surface area contributed by atoms with Crippen LogP contribution in [-0.4, -0.2) is 61.1 Å². The zero-order chi connectivity index (χ0) is 13.1. The lowest BCUT2D eigenvalue weighted by atomic mass is 9.98. The van der Waals surface area contributed by atoms with Crippen LogP contribution in [0.3, 0.4) is 0 Å². The lowest BCUT2D eigenvalue weighted by molar-refractivity contribution is -0.136. The summed E-state index contributed by atoms with van der Waals surface area (Å²) in [6.45, 7) is 5.09. The number of carbonyl (C=O) groups is 1. The molecule has 1 atom stereocenters. The summed E-state index contributed by atoms with van der Waals surface area (Å²) in [5, 5.41) is 0. The molecule has 2 heterocycles. The molecule has 0 bridgehead atoms. The minimum absolute atomic E-state index is 0. The largest absolute Gasteiger partial charge is 0.466 e. The summed E-state index contributed by atoms with van der Waals surface area (Å²) in [7, 11) is 3.53. The van der Waals surface area contributed by atoms with Crippen molar-refractivity contribution in [3.05, 3.63) is 11.3 Å². The Balaban J connectivity index is 0.00000180. The first-order valence-electron chi connectivity index (χ1n) is 6.89. The van der Waals surface area contributed by atoms with Crippen molar-refractivity contribution in [1.82, 2.24) is 9.80 Å². The average molecular weight is 307 g/mol. The van der Waals surface area contributed by atoms with Gasteiger partial charge >= 0.3 is 5.97 Å². The van der Waals surface area contributed by atoms with Gasteiger partial charge in [-0.3, -0.25) is 0 Å². The van der Waals surface area contributed by atoms with E-state index < -0.39 is 0 Å². The fourth-order valence-electron chi connectivity index (χ4n) is 3.01. The van der Waals surface area contributed by atoms with Crippen molar-refractivity contribution in [3.63, 3.8) is 0 Å². The van der Waals surface area contributed by atoms with Gasteiger partial charge in [-0.25, -0.2) is 4.79 Å². The molecule has 2 aliphatic heterocycles. The van der Waals surface area contributed by atoms with Gasteiger partial charge in [-0.05, 0) is 33.2 Å². The number of nitrogens with zero attached hydrogens (tertiary/aromatic N) is 2. The van der Waals surface area contributed by atoms with E-state index in [9.17, 15) is 4.79 Å². The number of ether oxygens (including phenoxy) is 1. The third-order valence-corrected chi connectivity index (χ3v) is 4.09. The number of carbonyl (C=O) groups excluding carboxylic acids is 1. The molecule has 20 heavy (non-hydrogen) atoms. The zero-order valence-corrected chi connectivity index (χ0v) is 13.5. The van der Waals surface area contributed by atoms with Crippen LogP contribution in [0.2, 0.25) is 0 Å². The fraction of sp³-hybridized carbons (Fsp3) is 0.786. The molecule has 1 fully saturated rings. The van der Waals surface area contributed by atoms with Gasteiger partial charge in [0.05, 0.1) is 12.7 Å². The Bertz CT molecular complexity index is 360. The van der Waals surface area contributed by atoms with Gasteiger partial charge < -0.3 is 20.0 Å². The fourth-order valence-corrected chi connectivity index (χ4v) is 3.01. The third kappa shape index (κ3) is 4.11. The van der Waals surface area contributed by atoms with Crippen LogP contribution in [0, 0.1) is 0 Å². The number of hydrogen-bond donors (Lipinski definition) is 0. The van der Waals surface area contributed by atoms with Gasteiger partial charge in [-0.2, -0.15) is 0 Å². The topological polar surface area (TPSA) is 64.3 Å². The number of rotatable bonds is 2. The Labute approximate surface area is 127 Å². The van der Waals surface area contributed by atoms with Crippen LogP contribution in [0.25, 0.3) is 0 Å². The van der Waals surface area contributed by atoms with Crippen LogP contribution < -0.4 is 0 Å².